The Hall–Kier alpha value is -1.43. The number of nitrogens with zero attached hydrogens (tertiary/aromatic N) is 1. The van der Waals surface area contributed by atoms with E-state index < -0.39 is 0 Å². The highest BCUT2D eigenvalue weighted by Crippen LogP contribution is 2.12. The Bertz CT molecular complexity index is 467. The molecule has 0 radical (unpaired) electrons. The van der Waals surface area contributed by atoms with Gasteiger partial charge in [0.15, 0.2) is 0 Å². The lowest BCUT2D eigenvalue weighted by atomic mass is 10.1. The fourth-order valence-electron chi connectivity index (χ4n) is 2.78. The van der Waals surface area contributed by atoms with Crippen LogP contribution in [0.4, 0.5) is 0 Å². The summed E-state index contributed by atoms with van der Waals surface area (Å²) in [6, 6.07) is 10.4. The molecule has 2 atom stereocenters. The van der Waals surface area contributed by atoms with Crippen molar-refractivity contribution >= 4 is 5.91 Å². The predicted octanol–water partition coefficient (Wildman–Crippen LogP) is 1.41. The highest BCUT2D eigenvalue weighted by Gasteiger charge is 2.23. The third-order valence-corrected chi connectivity index (χ3v) is 4.15. The molecule has 0 saturated carbocycles. The van der Waals surface area contributed by atoms with Gasteiger partial charge in [0.2, 0.25) is 5.91 Å². The van der Waals surface area contributed by atoms with Crippen molar-refractivity contribution in [2.75, 3.05) is 32.8 Å². The van der Waals surface area contributed by atoms with Crippen molar-refractivity contribution in [3.63, 3.8) is 0 Å². The molecule has 2 rings (SSSR count). The molecule has 0 aromatic heterocycles. The molecule has 1 aromatic carbocycles. The summed E-state index contributed by atoms with van der Waals surface area (Å²) < 4.78 is 5.73. The van der Waals surface area contributed by atoms with Crippen LogP contribution in [0, 0.1) is 5.92 Å². The molecule has 1 aliphatic heterocycles. The number of aliphatic hydroxyl groups excluding tert-OH is 1. The number of hydrogen-bond acceptors (Lipinski definition) is 4. The molecular formula is C18H28N2O3. The first-order valence-electron chi connectivity index (χ1n) is 8.43. The minimum absolute atomic E-state index is 0.0290. The number of rotatable bonds is 8. The van der Waals surface area contributed by atoms with Crippen LogP contribution in [-0.4, -0.2) is 54.9 Å². The summed E-state index contributed by atoms with van der Waals surface area (Å²) in [5, 5.41) is 11.8. The number of morpholine rings is 1. The lowest BCUT2D eigenvalue weighted by Gasteiger charge is -2.32. The second kappa shape index (κ2) is 9.65. The molecule has 1 aliphatic rings. The molecule has 1 heterocycles. The van der Waals surface area contributed by atoms with Crippen LogP contribution in [0.1, 0.15) is 25.3 Å². The van der Waals surface area contributed by atoms with E-state index in [1.807, 2.05) is 25.1 Å². The van der Waals surface area contributed by atoms with Gasteiger partial charge in [0.1, 0.15) is 0 Å². The Morgan fingerprint density at radius 1 is 1.43 bits per heavy atom. The molecular weight excluding hydrogens is 292 g/mol. The Morgan fingerprint density at radius 2 is 2.22 bits per heavy atom. The number of aliphatic hydroxyl groups is 1. The maximum absolute atomic E-state index is 12.0. The smallest absolute Gasteiger partial charge is 0.222 e. The van der Waals surface area contributed by atoms with E-state index in [4.69, 9.17) is 9.84 Å². The molecule has 5 nitrogen and oxygen atoms in total. The lowest BCUT2D eigenvalue weighted by molar-refractivity contribution is -0.126. The first-order valence-corrected chi connectivity index (χ1v) is 8.43. The molecule has 5 heteroatoms. The van der Waals surface area contributed by atoms with Crippen LogP contribution in [0.25, 0.3) is 0 Å². The summed E-state index contributed by atoms with van der Waals surface area (Å²) in [4.78, 5) is 14.4. The van der Waals surface area contributed by atoms with E-state index in [1.165, 1.54) is 5.56 Å². The van der Waals surface area contributed by atoms with E-state index in [0.717, 1.165) is 19.6 Å². The fourth-order valence-corrected chi connectivity index (χ4v) is 2.78. The average Bonchev–Trinajstić information content (AvgIpc) is 2.55. The molecule has 1 aromatic rings. The Labute approximate surface area is 138 Å². The van der Waals surface area contributed by atoms with Crippen molar-refractivity contribution in [3.8, 4) is 0 Å². The van der Waals surface area contributed by atoms with Crippen molar-refractivity contribution in [1.82, 2.24) is 10.2 Å². The summed E-state index contributed by atoms with van der Waals surface area (Å²) in [5.74, 6) is 0.326. The predicted molar refractivity (Wildman–Crippen MR) is 90.0 cm³/mol. The van der Waals surface area contributed by atoms with Crippen LogP contribution in [0.2, 0.25) is 0 Å². The Morgan fingerprint density at radius 3 is 2.96 bits per heavy atom. The zero-order valence-electron chi connectivity index (χ0n) is 13.9. The summed E-state index contributed by atoms with van der Waals surface area (Å²) in [6.07, 6.45) is 1.07. The molecule has 0 aliphatic carbocycles. The van der Waals surface area contributed by atoms with E-state index in [2.05, 4.69) is 22.3 Å². The first-order chi connectivity index (χ1) is 11.2. The third kappa shape index (κ3) is 6.69. The summed E-state index contributed by atoms with van der Waals surface area (Å²) in [5.41, 5.74) is 1.29. The summed E-state index contributed by atoms with van der Waals surface area (Å²) in [7, 11) is 0. The fraction of sp³-hybridized carbons (Fsp3) is 0.611. The molecule has 128 valence electrons. The van der Waals surface area contributed by atoms with Gasteiger partial charge < -0.3 is 15.2 Å². The molecule has 1 amide bonds. The molecule has 2 N–H and O–H groups in total. The van der Waals surface area contributed by atoms with Crippen molar-refractivity contribution in [2.24, 2.45) is 5.92 Å². The van der Waals surface area contributed by atoms with Crippen LogP contribution < -0.4 is 5.32 Å². The zero-order valence-corrected chi connectivity index (χ0v) is 13.9. The van der Waals surface area contributed by atoms with E-state index in [9.17, 15) is 4.79 Å². The molecule has 23 heavy (non-hydrogen) atoms. The van der Waals surface area contributed by atoms with Crippen LogP contribution >= 0.6 is 0 Å². The molecule has 0 bridgehead atoms. The number of carbonyl (C=O) groups excluding carboxylic acids is 1. The van der Waals surface area contributed by atoms with Crippen molar-refractivity contribution in [3.05, 3.63) is 35.9 Å². The van der Waals surface area contributed by atoms with Gasteiger partial charge in [-0.05, 0) is 17.9 Å². The Kier molecular flexibility index (Phi) is 7.52. The van der Waals surface area contributed by atoms with Crippen LogP contribution in [0.5, 0.6) is 0 Å². The molecule has 1 saturated heterocycles. The maximum atomic E-state index is 12.0. The summed E-state index contributed by atoms with van der Waals surface area (Å²) in [6.45, 7) is 6.06. The van der Waals surface area contributed by atoms with Crippen molar-refractivity contribution in [1.29, 1.82) is 0 Å². The van der Waals surface area contributed by atoms with Gasteiger partial charge in [0, 0.05) is 32.8 Å². The first kappa shape index (κ1) is 17.9. The number of benzene rings is 1. The topological polar surface area (TPSA) is 61.8 Å². The standard InChI is InChI=1S/C18H28N2O3/c1-15(7-9-21)12-19-18(22)11-17-14-20(8-10-23-17)13-16-5-3-2-4-6-16/h2-6,15,17,21H,7-14H2,1H3,(H,19,22). The van der Waals surface area contributed by atoms with Gasteiger partial charge in [-0.15, -0.1) is 0 Å². The second-order valence-electron chi connectivity index (χ2n) is 6.34. The third-order valence-electron chi connectivity index (χ3n) is 4.15. The maximum Gasteiger partial charge on any atom is 0.222 e. The normalized spacial score (nSPS) is 20.2. The van der Waals surface area contributed by atoms with Gasteiger partial charge in [0.05, 0.1) is 19.1 Å². The monoisotopic (exact) mass is 320 g/mol. The zero-order chi connectivity index (χ0) is 16.5. The largest absolute Gasteiger partial charge is 0.396 e. The highest BCUT2D eigenvalue weighted by molar-refractivity contribution is 5.76. The number of hydrogen-bond donors (Lipinski definition) is 2. The minimum atomic E-state index is -0.0411. The minimum Gasteiger partial charge on any atom is -0.396 e. The highest BCUT2D eigenvalue weighted by atomic mass is 16.5. The molecule has 1 fully saturated rings. The summed E-state index contributed by atoms with van der Waals surface area (Å²) >= 11 is 0. The number of carbonyl (C=O) groups is 1. The van der Waals surface area contributed by atoms with E-state index in [0.29, 0.717) is 31.9 Å². The molecule has 0 spiro atoms. The van der Waals surface area contributed by atoms with Gasteiger partial charge in [-0.25, -0.2) is 0 Å². The van der Waals surface area contributed by atoms with Gasteiger partial charge >= 0.3 is 0 Å². The van der Waals surface area contributed by atoms with Crippen molar-refractivity contribution in [2.45, 2.75) is 32.4 Å². The van der Waals surface area contributed by atoms with E-state index in [-0.39, 0.29) is 18.6 Å². The number of nitrogens with one attached hydrogen (secondary N) is 1. The van der Waals surface area contributed by atoms with Crippen LogP contribution in [0.15, 0.2) is 30.3 Å². The van der Waals surface area contributed by atoms with Gasteiger partial charge in [-0.1, -0.05) is 37.3 Å². The lowest BCUT2D eigenvalue weighted by Crippen LogP contribution is -2.44. The quantitative estimate of drug-likeness (QED) is 0.760. The van der Waals surface area contributed by atoms with Crippen molar-refractivity contribution < 1.29 is 14.6 Å². The Balaban J connectivity index is 1.72. The van der Waals surface area contributed by atoms with Gasteiger partial charge in [-0.2, -0.15) is 0 Å². The number of ether oxygens (including phenoxy) is 1. The average molecular weight is 320 g/mol. The van der Waals surface area contributed by atoms with Crippen LogP contribution in [-0.2, 0) is 16.1 Å². The van der Waals surface area contributed by atoms with Gasteiger partial charge in [0.25, 0.3) is 0 Å². The van der Waals surface area contributed by atoms with E-state index in [1.54, 1.807) is 0 Å². The van der Waals surface area contributed by atoms with Crippen LogP contribution in [0.3, 0.4) is 0 Å². The molecule has 2 unspecified atom stereocenters. The number of amides is 1. The van der Waals surface area contributed by atoms with E-state index >= 15 is 0 Å². The van der Waals surface area contributed by atoms with Gasteiger partial charge in [-0.3, -0.25) is 9.69 Å². The second-order valence-corrected chi connectivity index (χ2v) is 6.34. The SMILES string of the molecule is CC(CCO)CNC(=O)CC1CN(Cc2ccccc2)CCO1.